The molecule has 0 bridgehead atoms. The van der Waals surface area contributed by atoms with Gasteiger partial charge in [-0.1, -0.05) is 0 Å². The van der Waals surface area contributed by atoms with Crippen LogP contribution in [0, 0.1) is 0 Å². The topological polar surface area (TPSA) is 51.8 Å². The summed E-state index contributed by atoms with van der Waals surface area (Å²) in [6.07, 6.45) is 3.52. The highest BCUT2D eigenvalue weighted by Gasteiger charge is 2.03. The quantitative estimate of drug-likeness (QED) is 0.566. The minimum absolute atomic E-state index is 0.201. The summed E-state index contributed by atoms with van der Waals surface area (Å²) >= 11 is 0. The zero-order valence-electron chi connectivity index (χ0n) is 5.83. The molecule has 0 saturated heterocycles. The second kappa shape index (κ2) is 2.20. The molecule has 0 aliphatic rings. The van der Waals surface area contributed by atoms with Gasteiger partial charge in [-0.15, -0.1) is 0 Å². The molecule has 0 atom stereocenters. The van der Waals surface area contributed by atoms with E-state index >= 15 is 0 Å². The van der Waals surface area contributed by atoms with Gasteiger partial charge >= 0.3 is 0 Å². The summed E-state index contributed by atoms with van der Waals surface area (Å²) in [7, 11) is 0. The van der Waals surface area contributed by atoms with Crippen LogP contribution < -0.4 is 0 Å². The Labute approximate surface area is 63.7 Å². The Bertz CT molecular complexity index is 335. The van der Waals surface area contributed by atoms with Crippen molar-refractivity contribution in [3.63, 3.8) is 0 Å². The zero-order chi connectivity index (χ0) is 7.68. The maximum atomic E-state index is 9.25. The summed E-state index contributed by atoms with van der Waals surface area (Å²) in [6.45, 7) is 0. The largest absolute Gasteiger partial charge is 0.494 e. The summed E-state index contributed by atoms with van der Waals surface area (Å²) in [6, 6.07) is 5.62. The molecule has 0 aliphatic heterocycles. The van der Waals surface area contributed by atoms with E-state index in [1.807, 2.05) is 24.4 Å². The summed E-state index contributed by atoms with van der Waals surface area (Å²) in [5.74, 6) is 0.201. The van der Waals surface area contributed by atoms with E-state index in [2.05, 4.69) is 9.97 Å². The number of hydrogen-bond donors (Lipinski definition) is 3. The monoisotopic (exact) mass is 148 g/mol. The fourth-order valence-electron chi connectivity index (χ4n) is 1.08. The van der Waals surface area contributed by atoms with Gasteiger partial charge in [0.05, 0.1) is 11.3 Å². The van der Waals surface area contributed by atoms with E-state index in [0.717, 1.165) is 11.3 Å². The van der Waals surface area contributed by atoms with Crippen LogP contribution in [0.15, 0.2) is 30.6 Å². The highest BCUT2D eigenvalue weighted by atomic mass is 16.3. The molecular weight excluding hydrogens is 140 g/mol. The summed E-state index contributed by atoms with van der Waals surface area (Å²) in [4.78, 5) is 5.69. The van der Waals surface area contributed by atoms with Gasteiger partial charge in [-0.3, -0.25) is 0 Å². The van der Waals surface area contributed by atoms with Crippen molar-refractivity contribution in [1.82, 2.24) is 9.97 Å². The maximum absolute atomic E-state index is 9.25. The number of hydrogen-bond acceptors (Lipinski definition) is 1. The van der Waals surface area contributed by atoms with E-state index in [-0.39, 0.29) is 5.88 Å². The molecule has 3 N–H and O–H groups in total. The Morgan fingerprint density at radius 2 is 2.00 bits per heavy atom. The lowest BCUT2D eigenvalue weighted by atomic mass is 10.2. The molecule has 0 aromatic carbocycles. The van der Waals surface area contributed by atoms with Gasteiger partial charge in [0.15, 0.2) is 5.88 Å². The first kappa shape index (κ1) is 6.09. The Balaban J connectivity index is 2.53. The van der Waals surface area contributed by atoms with Crippen LogP contribution in [0.5, 0.6) is 5.88 Å². The van der Waals surface area contributed by atoms with Gasteiger partial charge in [0.1, 0.15) is 0 Å². The Morgan fingerprint density at radius 3 is 2.55 bits per heavy atom. The van der Waals surface area contributed by atoms with Crippen LogP contribution in [0.1, 0.15) is 0 Å². The lowest BCUT2D eigenvalue weighted by Crippen LogP contribution is -1.72. The zero-order valence-corrected chi connectivity index (χ0v) is 5.83. The molecule has 0 unspecified atom stereocenters. The molecule has 0 saturated carbocycles. The SMILES string of the molecule is Oc1[nH]ccc1-c1ccc[nH]1. The van der Waals surface area contributed by atoms with Gasteiger partial charge in [-0.2, -0.15) is 0 Å². The average molecular weight is 148 g/mol. The lowest BCUT2D eigenvalue weighted by Gasteiger charge is -1.92. The van der Waals surface area contributed by atoms with Crippen LogP contribution in [0.3, 0.4) is 0 Å². The van der Waals surface area contributed by atoms with Crippen LogP contribution in [-0.4, -0.2) is 15.1 Å². The second-order valence-corrected chi connectivity index (χ2v) is 2.32. The van der Waals surface area contributed by atoms with Crippen LogP contribution in [0.4, 0.5) is 0 Å². The van der Waals surface area contributed by atoms with Gasteiger partial charge in [0, 0.05) is 12.4 Å². The minimum atomic E-state index is 0.201. The van der Waals surface area contributed by atoms with Crippen LogP contribution in [0.25, 0.3) is 11.3 Å². The van der Waals surface area contributed by atoms with Gasteiger partial charge in [0.2, 0.25) is 0 Å². The molecule has 0 amide bonds. The third-order valence-electron chi connectivity index (χ3n) is 1.61. The molecule has 2 heterocycles. The first-order valence-electron chi connectivity index (χ1n) is 3.38. The number of aromatic hydroxyl groups is 1. The van der Waals surface area contributed by atoms with Crippen LogP contribution >= 0.6 is 0 Å². The molecule has 3 nitrogen and oxygen atoms in total. The fourth-order valence-corrected chi connectivity index (χ4v) is 1.08. The van der Waals surface area contributed by atoms with Gasteiger partial charge in [-0.25, -0.2) is 0 Å². The predicted molar refractivity (Wildman–Crippen MR) is 42.2 cm³/mol. The van der Waals surface area contributed by atoms with E-state index in [1.165, 1.54) is 0 Å². The highest BCUT2D eigenvalue weighted by molar-refractivity contribution is 5.64. The summed E-state index contributed by atoms with van der Waals surface area (Å²) < 4.78 is 0. The second-order valence-electron chi connectivity index (χ2n) is 2.32. The predicted octanol–water partition coefficient (Wildman–Crippen LogP) is 1.72. The Hall–Kier alpha value is -1.64. The molecule has 0 radical (unpaired) electrons. The first-order valence-corrected chi connectivity index (χ1v) is 3.38. The number of H-pyrrole nitrogens is 2. The van der Waals surface area contributed by atoms with Crippen molar-refractivity contribution in [2.24, 2.45) is 0 Å². The van der Waals surface area contributed by atoms with Crippen molar-refractivity contribution in [2.75, 3.05) is 0 Å². The third kappa shape index (κ3) is 0.902. The van der Waals surface area contributed by atoms with Crippen molar-refractivity contribution >= 4 is 0 Å². The third-order valence-corrected chi connectivity index (χ3v) is 1.61. The summed E-state index contributed by atoms with van der Waals surface area (Å²) in [5.41, 5.74) is 1.72. The molecule has 2 aromatic heterocycles. The highest BCUT2D eigenvalue weighted by Crippen LogP contribution is 2.25. The van der Waals surface area contributed by atoms with Gasteiger partial charge in [0.25, 0.3) is 0 Å². The van der Waals surface area contributed by atoms with E-state index in [9.17, 15) is 5.11 Å². The number of aromatic amines is 2. The van der Waals surface area contributed by atoms with E-state index in [0.29, 0.717) is 0 Å². The van der Waals surface area contributed by atoms with Crippen molar-refractivity contribution in [1.29, 1.82) is 0 Å². The molecule has 3 heteroatoms. The smallest absolute Gasteiger partial charge is 0.197 e. The fraction of sp³-hybridized carbons (Fsp3) is 0. The molecule has 2 aromatic rings. The van der Waals surface area contributed by atoms with Gasteiger partial charge < -0.3 is 15.1 Å². The molecule has 0 fully saturated rings. The first-order chi connectivity index (χ1) is 5.38. The van der Waals surface area contributed by atoms with Crippen molar-refractivity contribution < 1.29 is 5.11 Å². The molecule has 2 rings (SSSR count). The van der Waals surface area contributed by atoms with Crippen LogP contribution in [-0.2, 0) is 0 Å². The molecule has 0 spiro atoms. The maximum Gasteiger partial charge on any atom is 0.197 e. The van der Waals surface area contributed by atoms with Crippen LogP contribution in [0.2, 0.25) is 0 Å². The van der Waals surface area contributed by atoms with Crippen molar-refractivity contribution in [3.8, 4) is 17.1 Å². The molecule has 56 valence electrons. The molecule has 0 aliphatic carbocycles. The Morgan fingerprint density at radius 1 is 1.09 bits per heavy atom. The number of aromatic nitrogens is 2. The average Bonchev–Trinajstić information content (AvgIpc) is 2.55. The lowest BCUT2D eigenvalue weighted by molar-refractivity contribution is 0.459. The van der Waals surface area contributed by atoms with Crippen molar-refractivity contribution in [3.05, 3.63) is 30.6 Å². The Kier molecular flexibility index (Phi) is 1.22. The molecular formula is C8H8N2O. The van der Waals surface area contributed by atoms with Gasteiger partial charge in [-0.05, 0) is 18.2 Å². The van der Waals surface area contributed by atoms with Crippen molar-refractivity contribution in [2.45, 2.75) is 0 Å². The minimum Gasteiger partial charge on any atom is -0.494 e. The standard InChI is InChI=1S/C8H8N2O/c11-8-6(3-5-10-8)7-2-1-4-9-7/h1-5,9-11H. The van der Waals surface area contributed by atoms with E-state index in [4.69, 9.17) is 0 Å². The molecule has 11 heavy (non-hydrogen) atoms. The number of rotatable bonds is 1. The van der Waals surface area contributed by atoms with E-state index < -0.39 is 0 Å². The van der Waals surface area contributed by atoms with E-state index in [1.54, 1.807) is 6.20 Å². The normalized spacial score (nSPS) is 10.2. The number of nitrogens with one attached hydrogen (secondary N) is 2. The summed E-state index contributed by atoms with van der Waals surface area (Å²) in [5, 5.41) is 9.25.